The summed E-state index contributed by atoms with van der Waals surface area (Å²) in [6.45, 7) is 4.00. The molecule has 1 N–H and O–H groups in total. The molecule has 0 aliphatic heterocycles. The molecule has 0 unspecified atom stereocenters. The zero-order valence-electron chi connectivity index (χ0n) is 20.5. The van der Waals surface area contributed by atoms with Crippen LogP contribution in [-0.4, -0.2) is 42.6 Å². The molecule has 1 spiro atoms. The zero-order chi connectivity index (χ0) is 24.4. The molecule has 4 fully saturated rings. The van der Waals surface area contributed by atoms with Gasteiger partial charge in [0, 0.05) is 17.8 Å². The van der Waals surface area contributed by atoms with Crippen molar-refractivity contribution in [3.63, 3.8) is 0 Å². The van der Waals surface area contributed by atoms with Crippen LogP contribution in [0.1, 0.15) is 75.6 Å². The third-order valence-corrected chi connectivity index (χ3v) is 10.5. The van der Waals surface area contributed by atoms with E-state index in [9.17, 15) is 19.5 Å². The van der Waals surface area contributed by atoms with E-state index < -0.39 is 23.5 Å². The first-order chi connectivity index (χ1) is 16.2. The molecule has 0 aromatic heterocycles. The van der Waals surface area contributed by atoms with Crippen molar-refractivity contribution in [1.82, 2.24) is 0 Å². The third kappa shape index (κ3) is 3.00. The van der Waals surface area contributed by atoms with E-state index in [-0.39, 0.29) is 34.7 Å². The maximum absolute atomic E-state index is 13.3. The third-order valence-electron chi connectivity index (χ3n) is 10.5. The van der Waals surface area contributed by atoms with Crippen molar-refractivity contribution in [1.29, 1.82) is 0 Å². The largest absolute Gasteiger partial charge is 0.469 e. The van der Waals surface area contributed by atoms with Crippen molar-refractivity contribution in [2.75, 3.05) is 13.7 Å². The number of hydrogen-bond donors (Lipinski definition) is 1. The molecular formula is C28H36O6. The Hall–Kier alpha value is -2.21. The number of hydrogen-bond acceptors (Lipinski definition) is 6. The molecule has 5 rings (SSSR count). The summed E-state index contributed by atoms with van der Waals surface area (Å²) in [5, 5.41) is 10.7. The summed E-state index contributed by atoms with van der Waals surface area (Å²) in [5.74, 6) is -0.792. The molecule has 1 aromatic rings. The minimum atomic E-state index is -1.12. The second-order valence-electron chi connectivity index (χ2n) is 11.8. The number of carbonyl (C=O) groups excluding carboxylic acids is 3. The molecule has 0 amide bonds. The van der Waals surface area contributed by atoms with E-state index in [2.05, 4.69) is 13.8 Å². The van der Waals surface area contributed by atoms with E-state index in [4.69, 9.17) is 9.47 Å². The van der Waals surface area contributed by atoms with Crippen LogP contribution in [0.4, 0.5) is 0 Å². The predicted octanol–water partition coefficient (Wildman–Crippen LogP) is 4.34. The van der Waals surface area contributed by atoms with Gasteiger partial charge in [0.15, 0.2) is 0 Å². The Morgan fingerprint density at radius 3 is 2.50 bits per heavy atom. The minimum absolute atomic E-state index is 0.106. The van der Waals surface area contributed by atoms with E-state index in [1.807, 2.05) is 6.07 Å². The number of benzene rings is 1. The lowest BCUT2D eigenvalue weighted by Crippen LogP contribution is -2.67. The number of carbonyl (C=O) groups is 3. The number of rotatable bonds is 4. The number of methoxy groups -OCH3 is 1. The molecule has 6 nitrogen and oxygen atoms in total. The molecule has 0 radical (unpaired) electrons. The summed E-state index contributed by atoms with van der Waals surface area (Å²) in [6.07, 6.45) is 5.28. The van der Waals surface area contributed by atoms with Crippen LogP contribution >= 0.6 is 0 Å². The van der Waals surface area contributed by atoms with Crippen molar-refractivity contribution in [3.05, 3.63) is 35.9 Å². The van der Waals surface area contributed by atoms with Crippen molar-refractivity contribution in [2.45, 2.75) is 71.3 Å². The van der Waals surface area contributed by atoms with Gasteiger partial charge in [-0.05, 0) is 67.4 Å². The number of ether oxygens (including phenoxy) is 2. The second-order valence-corrected chi connectivity index (χ2v) is 11.8. The van der Waals surface area contributed by atoms with E-state index >= 15 is 0 Å². The maximum Gasteiger partial charge on any atom is 0.338 e. The van der Waals surface area contributed by atoms with Gasteiger partial charge in [-0.1, -0.05) is 38.5 Å². The number of aliphatic hydroxyl groups is 1. The first-order valence-corrected chi connectivity index (χ1v) is 12.6. The standard InChI is InChI=1S/C28H36O6/c1-25-12-13-28(16-25)19(15-21(25)30)14-20(34-23(31)18-8-5-4-6-9-18)22-26(28,2)10-7-11-27(22,17-29)24(32)33-3/h4-6,8-9,19-20,22,29H,7,10-17H2,1-3H3/t19-,20+,22+,25-,26-,27+,28-/m0/s1. The van der Waals surface area contributed by atoms with Gasteiger partial charge in [0.25, 0.3) is 0 Å². The van der Waals surface area contributed by atoms with Crippen LogP contribution in [0, 0.1) is 33.5 Å². The lowest BCUT2D eigenvalue weighted by Gasteiger charge is -2.67. The predicted molar refractivity (Wildman–Crippen MR) is 125 cm³/mol. The molecule has 1 aromatic carbocycles. The van der Waals surface area contributed by atoms with Gasteiger partial charge in [-0.2, -0.15) is 0 Å². The van der Waals surface area contributed by atoms with Crippen LogP contribution in [-0.2, 0) is 19.1 Å². The highest BCUT2D eigenvalue weighted by molar-refractivity contribution is 5.90. The number of ketones is 1. The van der Waals surface area contributed by atoms with Crippen LogP contribution in [0.25, 0.3) is 0 Å². The maximum atomic E-state index is 13.3. The molecule has 2 bridgehead atoms. The summed E-state index contributed by atoms with van der Waals surface area (Å²) < 4.78 is 11.5. The molecule has 4 aliphatic carbocycles. The molecule has 6 heteroatoms. The van der Waals surface area contributed by atoms with Crippen molar-refractivity contribution >= 4 is 17.7 Å². The van der Waals surface area contributed by atoms with Gasteiger partial charge >= 0.3 is 11.9 Å². The highest BCUT2D eigenvalue weighted by Crippen LogP contribution is 2.76. The number of esters is 2. The highest BCUT2D eigenvalue weighted by Gasteiger charge is 2.74. The minimum Gasteiger partial charge on any atom is -0.469 e. The van der Waals surface area contributed by atoms with Crippen LogP contribution < -0.4 is 0 Å². The first kappa shape index (κ1) is 23.5. The lowest BCUT2D eigenvalue weighted by molar-refractivity contribution is -0.234. The molecule has 0 heterocycles. The van der Waals surface area contributed by atoms with Gasteiger partial charge in [0.05, 0.1) is 24.7 Å². The van der Waals surface area contributed by atoms with Gasteiger partial charge in [-0.15, -0.1) is 0 Å². The smallest absolute Gasteiger partial charge is 0.338 e. The summed E-state index contributed by atoms with van der Waals surface area (Å²) in [4.78, 5) is 39.7. The number of Topliss-reactive ketones (excluding diaryl/α,β-unsaturated/α-hetero) is 1. The van der Waals surface area contributed by atoms with Gasteiger partial charge in [-0.25, -0.2) is 4.79 Å². The topological polar surface area (TPSA) is 89.9 Å². The Bertz CT molecular complexity index is 1010. The summed E-state index contributed by atoms with van der Waals surface area (Å²) in [7, 11) is 1.37. The van der Waals surface area contributed by atoms with Crippen LogP contribution in [0.5, 0.6) is 0 Å². The highest BCUT2D eigenvalue weighted by atomic mass is 16.5. The Labute approximate surface area is 201 Å². The zero-order valence-corrected chi connectivity index (χ0v) is 20.5. The Morgan fingerprint density at radius 1 is 1.09 bits per heavy atom. The van der Waals surface area contributed by atoms with Crippen LogP contribution in [0.15, 0.2) is 30.3 Å². The van der Waals surface area contributed by atoms with E-state index in [1.165, 1.54) is 7.11 Å². The fraction of sp³-hybridized carbons (Fsp3) is 0.679. The summed E-state index contributed by atoms with van der Waals surface area (Å²) >= 11 is 0. The number of aliphatic hydroxyl groups excluding tert-OH is 1. The molecule has 4 saturated carbocycles. The normalized spacial score (nSPS) is 42.9. The first-order valence-electron chi connectivity index (χ1n) is 12.6. The van der Waals surface area contributed by atoms with Crippen LogP contribution in [0.3, 0.4) is 0 Å². The average molecular weight is 469 g/mol. The lowest BCUT2D eigenvalue weighted by atomic mass is 9.37. The summed E-state index contributed by atoms with van der Waals surface area (Å²) in [5.41, 5.74) is -1.44. The fourth-order valence-electron chi connectivity index (χ4n) is 8.89. The Balaban J connectivity index is 1.62. The van der Waals surface area contributed by atoms with Crippen molar-refractivity contribution in [3.8, 4) is 0 Å². The van der Waals surface area contributed by atoms with Gasteiger partial charge < -0.3 is 14.6 Å². The molecule has 4 aliphatic rings. The fourth-order valence-corrected chi connectivity index (χ4v) is 8.89. The molecule has 184 valence electrons. The SMILES string of the molecule is COC(=O)[C@@]1(CO)CCC[C@@]2(C)[C@H]1[C@H](OC(=O)c1ccccc1)C[C@H]1CC(=O)[C@@]3(C)CC[C@]12C3. The second kappa shape index (κ2) is 7.91. The van der Waals surface area contributed by atoms with Gasteiger partial charge in [-0.3, -0.25) is 9.59 Å². The van der Waals surface area contributed by atoms with E-state index in [1.54, 1.807) is 24.3 Å². The van der Waals surface area contributed by atoms with E-state index in [0.29, 0.717) is 30.6 Å². The van der Waals surface area contributed by atoms with E-state index in [0.717, 1.165) is 32.1 Å². The Morgan fingerprint density at radius 2 is 1.82 bits per heavy atom. The average Bonchev–Trinajstić information content (AvgIpc) is 3.17. The number of fused-ring (bicyclic) bond motifs is 2. The molecule has 7 atom stereocenters. The summed E-state index contributed by atoms with van der Waals surface area (Å²) in [6, 6.07) is 8.88. The van der Waals surface area contributed by atoms with Gasteiger partial charge in [0.2, 0.25) is 0 Å². The quantitative estimate of drug-likeness (QED) is 0.661. The molecule has 0 saturated heterocycles. The molecular weight excluding hydrogens is 432 g/mol. The van der Waals surface area contributed by atoms with Gasteiger partial charge in [0.1, 0.15) is 11.9 Å². The monoisotopic (exact) mass is 468 g/mol. The Kier molecular flexibility index (Phi) is 5.47. The van der Waals surface area contributed by atoms with Crippen molar-refractivity contribution in [2.24, 2.45) is 33.5 Å². The molecule has 34 heavy (non-hydrogen) atoms. The van der Waals surface area contributed by atoms with Crippen LogP contribution in [0.2, 0.25) is 0 Å². The van der Waals surface area contributed by atoms with Crippen molar-refractivity contribution < 1.29 is 29.0 Å².